The first-order valence-electron chi connectivity index (χ1n) is 11.1. The van der Waals surface area contributed by atoms with E-state index in [1.54, 1.807) is 0 Å². The Labute approximate surface area is 188 Å². The molecule has 1 aliphatic heterocycles. The predicted molar refractivity (Wildman–Crippen MR) is 133 cm³/mol. The minimum absolute atomic E-state index is 0.0608. The van der Waals surface area contributed by atoms with Crippen LogP contribution in [0, 0.1) is 0 Å². The van der Waals surface area contributed by atoms with Crippen molar-refractivity contribution < 1.29 is 9.31 Å². The van der Waals surface area contributed by atoms with Crippen molar-refractivity contribution in [3.63, 3.8) is 0 Å². The van der Waals surface area contributed by atoms with Crippen molar-refractivity contribution >= 4 is 44.1 Å². The van der Waals surface area contributed by atoms with Gasteiger partial charge in [0.25, 0.3) is 0 Å². The molecule has 31 heavy (non-hydrogen) atoms. The third-order valence-electron chi connectivity index (χ3n) is 7.73. The molecule has 0 saturated carbocycles. The molecule has 0 N–H and O–H groups in total. The maximum absolute atomic E-state index is 6.35. The van der Waals surface area contributed by atoms with Crippen LogP contribution in [-0.4, -0.2) is 18.3 Å². The summed E-state index contributed by atoms with van der Waals surface area (Å²) < 4.78 is 15.4. The van der Waals surface area contributed by atoms with E-state index in [0.717, 1.165) is 5.46 Å². The SMILES string of the molecule is CC1(C)c2cc(B3OC(C)(C)C(C)(C)O3)ccc2-c2c1ccc1c2sc2ccccc21. The average molecular weight is 426 g/mol. The average Bonchev–Trinajstić information content (AvgIpc) is 3.28. The molecule has 3 aromatic carbocycles. The summed E-state index contributed by atoms with van der Waals surface area (Å²) in [4.78, 5) is 0. The molecule has 6 rings (SSSR count). The van der Waals surface area contributed by atoms with Gasteiger partial charge in [-0.1, -0.05) is 62.4 Å². The monoisotopic (exact) mass is 426 g/mol. The highest BCUT2D eigenvalue weighted by molar-refractivity contribution is 7.26. The van der Waals surface area contributed by atoms with Crippen LogP contribution in [0.25, 0.3) is 31.3 Å². The van der Waals surface area contributed by atoms with Gasteiger partial charge in [0.05, 0.1) is 11.2 Å². The van der Waals surface area contributed by atoms with Crippen LogP contribution in [0.1, 0.15) is 52.7 Å². The third-order valence-corrected chi connectivity index (χ3v) is 8.94. The van der Waals surface area contributed by atoms with Crippen LogP contribution < -0.4 is 5.46 Å². The van der Waals surface area contributed by atoms with E-state index < -0.39 is 0 Å². The molecule has 0 radical (unpaired) electrons. The molecule has 1 aliphatic carbocycles. The standard InChI is InChI=1S/C27H27BO2S/c1-25(2)20-14-13-18-17-9-7-8-10-22(17)31-24(18)23(20)19-12-11-16(15-21(19)25)28-29-26(3,4)27(5,6)30-28/h7-15H,1-6H3. The molecule has 0 amide bonds. The lowest BCUT2D eigenvalue weighted by atomic mass is 9.74. The summed E-state index contributed by atoms with van der Waals surface area (Å²) in [5.74, 6) is 0. The fourth-order valence-electron chi connectivity index (χ4n) is 5.14. The lowest BCUT2D eigenvalue weighted by molar-refractivity contribution is 0.00578. The molecule has 2 nitrogen and oxygen atoms in total. The highest BCUT2D eigenvalue weighted by atomic mass is 32.1. The smallest absolute Gasteiger partial charge is 0.399 e. The molecular weight excluding hydrogens is 399 g/mol. The summed E-state index contributed by atoms with van der Waals surface area (Å²) >= 11 is 1.91. The van der Waals surface area contributed by atoms with Crippen LogP contribution in [0.2, 0.25) is 0 Å². The van der Waals surface area contributed by atoms with Gasteiger partial charge in [-0.15, -0.1) is 11.3 Å². The summed E-state index contributed by atoms with van der Waals surface area (Å²) in [6.07, 6.45) is 0. The van der Waals surface area contributed by atoms with Gasteiger partial charge >= 0.3 is 7.12 Å². The highest BCUT2D eigenvalue weighted by Gasteiger charge is 2.52. The Morgan fingerprint density at radius 2 is 1.45 bits per heavy atom. The number of hydrogen-bond acceptors (Lipinski definition) is 3. The van der Waals surface area contributed by atoms with Crippen LogP contribution in [0.15, 0.2) is 54.6 Å². The van der Waals surface area contributed by atoms with Gasteiger partial charge in [-0.25, -0.2) is 0 Å². The Kier molecular flexibility index (Phi) is 3.79. The van der Waals surface area contributed by atoms with Crippen LogP contribution in [0.5, 0.6) is 0 Å². The Balaban J connectivity index is 1.54. The van der Waals surface area contributed by atoms with Crippen molar-refractivity contribution in [1.82, 2.24) is 0 Å². The van der Waals surface area contributed by atoms with Gasteiger partial charge in [-0.05, 0) is 55.9 Å². The fraction of sp³-hybridized carbons (Fsp3) is 0.333. The van der Waals surface area contributed by atoms with Gasteiger partial charge in [0, 0.05) is 31.2 Å². The second-order valence-electron chi connectivity index (χ2n) is 10.5. The molecule has 2 aliphatic rings. The van der Waals surface area contributed by atoms with Crippen LogP contribution >= 0.6 is 11.3 Å². The lowest BCUT2D eigenvalue weighted by Gasteiger charge is -2.32. The van der Waals surface area contributed by atoms with Crippen molar-refractivity contribution in [1.29, 1.82) is 0 Å². The molecule has 0 atom stereocenters. The van der Waals surface area contributed by atoms with E-state index >= 15 is 0 Å². The minimum Gasteiger partial charge on any atom is -0.399 e. The summed E-state index contributed by atoms with van der Waals surface area (Å²) in [5.41, 5.74) is 5.89. The molecule has 0 spiro atoms. The Bertz CT molecular complexity index is 1360. The van der Waals surface area contributed by atoms with Crippen molar-refractivity contribution in [2.75, 3.05) is 0 Å². The van der Waals surface area contributed by atoms with Gasteiger partial charge in [0.15, 0.2) is 0 Å². The molecule has 1 saturated heterocycles. The second-order valence-corrected chi connectivity index (χ2v) is 11.5. The van der Waals surface area contributed by atoms with Crippen molar-refractivity contribution in [2.45, 2.75) is 58.2 Å². The van der Waals surface area contributed by atoms with Crippen molar-refractivity contribution in [3.8, 4) is 11.1 Å². The topological polar surface area (TPSA) is 18.5 Å². The van der Waals surface area contributed by atoms with E-state index in [0.29, 0.717) is 0 Å². The first-order valence-corrected chi connectivity index (χ1v) is 11.9. The molecule has 4 aromatic rings. The molecule has 1 aromatic heterocycles. The number of thiophene rings is 1. The van der Waals surface area contributed by atoms with E-state index in [1.165, 1.54) is 42.4 Å². The quantitative estimate of drug-likeness (QED) is 0.317. The van der Waals surface area contributed by atoms with Gasteiger partial charge in [0.1, 0.15) is 0 Å². The summed E-state index contributed by atoms with van der Waals surface area (Å²) in [7, 11) is -0.334. The van der Waals surface area contributed by atoms with Gasteiger partial charge < -0.3 is 9.31 Å². The first-order chi connectivity index (χ1) is 14.6. The van der Waals surface area contributed by atoms with Crippen LogP contribution in [0.4, 0.5) is 0 Å². The van der Waals surface area contributed by atoms with Gasteiger partial charge in [-0.3, -0.25) is 0 Å². The molecule has 1 fully saturated rings. The first kappa shape index (κ1) is 19.5. The molecule has 0 bridgehead atoms. The molecule has 0 unspecified atom stereocenters. The molecular formula is C27H27BO2S. The van der Waals surface area contributed by atoms with Crippen molar-refractivity contribution in [3.05, 3.63) is 65.7 Å². The Morgan fingerprint density at radius 3 is 2.19 bits per heavy atom. The largest absolute Gasteiger partial charge is 0.494 e. The summed E-state index contributed by atoms with van der Waals surface area (Å²) in [6.45, 7) is 13.1. The number of benzene rings is 3. The zero-order chi connectivity index (χ0) is 21.8. The molecule has 2 heterocycles. The Morgan fingerprint density at radius 1 is 0.742 bits per heavy atom. The zero-order valence-electron chi connectivity index (χ0n) is 19.0. The Hall–Kier alpha value is -2.14. The minimum atomic E-state index is -0.335. The maximum Gasteiger partial charge on any atom is 0.494 e. The normalized spacial score (nSPS) is 20.4. The van der Waals surface area contributed by atoms with Crippen LogP contribution in [-0.2, 0) is 14.7 Å². The summed E-state index contributed by atoms with van der Waals surface area (Å²) in [5, 5.41) is 2.71. The molecule has 156 valence electrons. The fourth-order valence-corrected chi connectivity index (χ4v) is 6.41. The zero-order valence-corrected chi connectivity index (χ0v) is 19.8. The second kappa shape index (κ2) is 6.01. The molecule has 4 heteroatoms. The predicted octanol–water partition coefficient (Wildman–Crippen LogP) is 6.66. The van der Waals surface area contributed by atoms with Gasteiger partial charge in [-0.2, -0.15) is 0 Å². The third kappa shape index (κ3) is 2.53. The van der Waals surface area contributed by atoms with Crippen LogP contribution in [0.3, 0.4) is 0 Å². The van der Waals surface area contributed by atoms with Gasteiger partial charge in [0.2, 0.25) is 0 Å². The summed E-state index contributed by atoms with van der Waals surface area (Å²) in [6, 6.07) is 20.2. The van der Waals surface area contributed by atoms with E-state index in [4.69, 9.17) is 9.31 Å². The van der Waals surface area contributed by atoms with E-state index in [-0.39, 0.29) is 23.7 Å². The maximum atomic E-state index is 6.35. The van der Waals surface area contributed by atoms with E-state index in [9.17, 15) is 0 Å². The lowest BCUT2D eigenvalue weighted by Crippen LogP contribution is -2.41. The van der Waals surface area contributed by atoms with E-state index in [2.05, 4.69) is 96.1 Å². The number of rotatable bonds is 1. The van der Waals surface area contributed by atoms with E-state index in [1.807, 2.05) is 11.3 Å². The number of fused-ring (bicyclic) bond motifs is 7. The number of hydrogen-bond donors (Lipinski definition) is 0. The van der Waals surface area contributed by atoms with Crippen molar-refractivity contribution in [2.24, 2.45) is 0 Å². The highest BCUT2D eigenvalue weighted by Crippen LogP contribution is 2.53.